The topological polar surface area (TPSA) is 55.8 Å². The first kappa shape index (κ1) is 19.5. The Labute approximate surface area is 170 Å². The summed E-state index contributed by atoms with van der Waals surface area (Å²) in [7, 11) is 0. The minimum Gasteiger partial charge on any atom is -0.353 e. The first-order valence-electron chi connectivity index (χ1n) is 10.3. The molecule has 0 N–H and O–H groups in total. The molecular formula is C20H30N6OS. The lowest BCUT2D eigenvalue weighted by Crippen LogP contribution is -2.48. The van der Waals surface area contributed by atoms with Gasteiger partial charge in [-0.15, -0.1) is 11.3 Å². The lowest BCUT2D eigenvalue weighted by molar-refractivity contribution is 0.0647. The molecule has 1 amide bonds. The van der Waals surface area contributed by atoms with E-state index < -0.39 is 0 Å². The largest absolute Gasteiger partial charge is 0.353 e. The van der Waals surface area contributed by atoms with Crippen molar-refractivity contribution in [1.29, 1.82) is 0 Å². The number of hydrogen-bond acceptors (Lipinski definition) is 7. The number of anilines is 1. The Kier molecular flexibility index (Phi) is 5.80. The molecule has 4 rings (SSSR count). The van der Waals surface area contributed by atoms with E-state index in [1.807, 2.05) is 4.90 Å². The average molecular weight is 403 g/mol. The van der Waals surface area contributed by atoms with Crippen molar-refractivity contribution in [2.24, 2.45) is 0 Å². The molecule has 2 aromatic heterocycles. The number of carbonyl (C=O) groups is 1. The first-order chi connectivity index (χ1) is 13.6. The first-order valence-corrected chi connectivity index (χ1v) is 11.2. The molecule has 0 bridgehead atoms. The number of aromatic nitrogens is 2. The van der Waals surface area contributed by atoms with Gasteiger partial charge in [0.15, 0.2) is 0 Å². The number of amides is 1. The predicted octanol–water partition coefficient (Wildman–Crippen LogP) is 1.92. The van der Waals surface area contributed by atoms with Crippen LogP contribution >= 0.6 is 11.3 Å². The van der Waals surface area contributed by atoms with Gasteiger partial charge in [-0.1, -0.05) is 13.8 Å². The van der Waals surface area contributed by atoms with Crippen LogP contribution in [0.5, 0.6) is 0 Å². The Morgan fingerprint density at radius 2 is 1.57 bits per heavy atom. The van der Waals surface area contributed by atoms with Crippen LogP contribution in [0.3, 0.4) is 0 Å². The van der Waals surface area contributed by atoms with Gasteiger partial charge in [-0.3, -0.25) is 4.79 Å². The number of thiophene rings is 1. The molecule has 2 aliphatic rings. The summed E-state index contributed by atoms with van der Waals surface area (Å²) in [6.07, 6.45) is 1.65. The maximum Gasteiger partial charge on any atom is 0.264 e. The van der Waals surface area contributed by atoms with Crippen molar-refractivity contribution in [3.8, 4) is 0 Å². The highest BCUT2D eigenvalue weighted by atomic mass is 32.1. The van der Waals surface area contributed by atoms with Gasteiger partial charge in [-0.05, 0) is 25.6 Å². The number of likely N-dealkylation sites (N-methyl/N-ethyl adjacent to an activating group) is 2. The molecular weight excluding hydrogens is 372 g/mol. The zero-order valence-electron chi connectivity index (χ0n) is 17.1. The molecule has 0 unspecified atom stereocenters. The molecule has 0 radical (unpaired) electrons. The van der Waals surface area contributed by atoms with Crippen molar-refractivity contribution in [1.82, 2.24) is 24.7 Å². The second-order valence-electron chi connectivity index (χ2n) is 7.58. The van der Waals surface area contributed by atoms with E-state index in [4.69, 9.17) is 0 Å². The van der Waals surface area contributed by atoms with Crippen LogP contribution in [0.15, 0.2) is 6.33 Å². The number of piperazine rings is 2. The number of rotatable bonds is 4. The minimum absolute atomic E-state index is 0.151. The monoisotopic (exact) mass is 402 g/mol. The lowest BCUT2D eigenvalue weighted by Gasteiger charge is -2.35. The van der Waals surface area contributed by atoms with Crippen molar-refractivity contribution in [2.75, 3.05) is 70.3 Å². The van der Waals surface area contributed by atoms with Crippen molar-refractivity contribution < 1.29 is 4.79 Å². The normalized spacial score (nSPS) is 19.5. The third-order valence-electron chi connectivity index (χ3n) is 6.13. The molecule has 2 aromatic rings. The SMILES string of the molecule is CCN1CCN(C(=O)c2sc3ncnc(N4CCN(CC)CC4)c3c2C)CC1. The summed E-state index contributed by atoms with van der Waals surface area (Å²) in [4.78, 5) is 33.3. The molecule has 2 fully saturated rings. The van der Waals surface area contributed by atoms with E-state index in [1.165, 1.54) is 11.3 Å². The van der Waals surface area contributed by atoms with E-state index in [2.05, 4.69) is 45.4 Å². The van der Waals surface area contributed by atoms with Gasteiger partial charge in [0.05, 0.1) is 10.3 Å². The van der Waals surface area contributed by atoms with E-state index in [9.17, 15) is 4.79 Å². The zero-order valence-corrected chi connectivity index (χ0v) is 18.0. The number of carbonyl (C=O) groups excluding carboxylic acids is 1. The summed E-state index contributed by atoms with van der Waals surface area (Å²) >= 11 is 1.52. The number of fused-ring (bicyclic) bond motifs is 1. The van der Waals surface area contributed by atoms with Crippen molar-refractivity contribution in [2.45, 2.75) is 20.8 Å². The molecule has 2 saturated heterocycles. The van der Waals surface area contributed by atoms with Gasteiger partial charge in [0.1, 0.15) is 17.0 Å². The molecule has 8 heteroatoms. The van der Waals surface area contributed by atoms with Crippen LogP contribution in [0.25, 0.3) is 10.2 Å². The lowest BCUT2D eigenvalue weighted by atomic mass is 10.1. The molecule has 152 valence electrons. The number of nitrogens with zero attached hydrogens (tertiary/aromatic N) is 6. The quantitative estimate of drug-likeness (QED) is 0.779. The van der Waals surface area contributed by atoms with Gasteiger partial charge >= 0.3 is 0 Å². The van der Waals surface area contributed by atoms with E-state index in [0.29, 0.717) is 0 Å². The third kappa shape index (κ3) is 3.60. The second-order valence-corrected chi connectivity index (χ2v) is 8.58. The fourth-order valence-electron chi connectivity index (χ4n) is 4.18. The number of hydrogen-bond donors (Lipinski definition) is 0. The highest BCUT2D eigenvalue weighted by Crippen LogP contribution is 2.36. The highest BCUT2D eigenvalue weighted by molar-refractivity contribution is 7.20. The Hall–Kier alpha value is -1.77. The third-order valence-corrected chi connectivity index (χ3v) is 7.31. The molecule has 0 aliphatic carbocycles. The molecule has 0 atom stereocenters. The summed E-state index contributed by atoms with van der Waals surface area (Å²) in [5, 5.41) is 1.06. The summed E-state index contributed by atoms with van der Waals surface area (Å²) in [6.45, 7) is 16.2. The summed E-state index contributed by atoms with van der Waals surface area (Å²) in [5.41, 5.74) is 1.04. The Morgan fingerprint density at radius 3 is 2.18 bits per heavy atom. The van der Waals surface area contributed by atoms with Crippen LogP contribution in [-0.2, 0) is 0 Å². The van der Waals surface area contributed by atoms with Gasteiger partial charge in [-0.25, -0.2) is 9.97 Å². The van der Waals surface area contributed by atoms with Crippen LogP contribution < -0.4 is 4.90 Å². The summed E-state index contributed by atoms with van der Waals surface area (Å²) in [6, 6.07) is 0. The Bertz CT molecular complexity index is 837. The maximum atomic E-state index is 13.2. The predicted molar refractivity (Wildman–Crippen MR) is 114 cm³/mol. The van der Waals surface area contributed by atoms with E-state index in [0.717, 1.165) is 91.9 Å². The fourth-order valence-corrected chi connectivity index (χ4v) is 5.29. The maximum absolute atomic E-state index is 13.2. The van der Waals surface area contributed by atoms with E-state index in [-0.39, 0.29) is 5.91 Å². The molecule has 0 aromatic carbocycles. The van der Waals surface area contributed by atoms with Gasteiger partial charge < -0.3 is 19.6 Å². The van der Waals surface area contributed by atoms with Crippen molar-refractivity contribution in [3.05, 3.63) is 16.8 Å². The standard InChI is InChI=1S/C20H30N6OS/c1-4-23-6-10-25(11-7-23)18-16-15(3)17(28-19(16)22-14-21-18)20(27)26-12-8-24(5-2)9-13-26/h14H,4-13H2,1-3H3. The molecule has 2 aliphatic heterocycles. The van der Waals surface area contributed by atoms with Gasteiger partial charge in [0, 0.05) is 52.4 Å². The number of aryl methyl sites for hydroxylation is 1. The Morgan fingerprint density at radius 1 is 0.964 bits per heavy atom. The van der Waals surface area contributed by atoms with Crippen LogP contribution in [0.2, 0.25) is 0 Å². The molecule has 28 heavy (non-hydrogen) atoms. The minimum atomic E-state index is 0.151. The van der Waals surface area contributed by atoms with Crippen LogP contribution in [0, 0.1) is 6.92 Å². The second kappa shape index (κ2) is 8.31. The van der Waals surface area contributed by atoms with Crippen LogP contribution in [0.1, 0.15) is 29.1 Å². The molecule has 0 saturated carbocycles. The van der Waals surface area contributed by atoms with Crippen LogP contribution in [-0.4, -0.2) is 96.0 Å². The molecule has 7 nitrogen and oxygen atoms in total. The van der Waals surface area contributed by atoms with E-state index in [1.54, 1.807) is 6.33 Å². The fraction of sp³-hybridized carbons (Fsp3) is 0.650. The summed E-state index contributed by atoms with van der Waals surface area (Å²) in [5.74, 6) is 1.14. The Balaban J connectivity index is 1.60. The average Bonchev–Trinajstić information content (AvgIpc) is 3.10. The van der Waals surface area contributed by atoms with Crippen LogP contribution in [0.4, 0.5) is 5.82 Å². The van der Waals surface area contributed by atoms with Gasteiger partial charge in [0.25, 0.3) is 5.91 Å². The zero-order chi connectivity index (χ0) is 19.7. The van der Waals surface area contributed by atoms with Crippen molar-refractivity contribution >= 4 is 33.3 Å². The van der Waals surface area contributed by atoms with Gasteiger partial charge in [0.2, 0.25) is 0 Å². The van der Waals surface area contributed by atoms with E-state index >= 15 is 0 Å². The summed E-state index contributed by atoms with van der Waals surface area (Å²) < 4.78 is 0. The smallest absolute Gasteiger partial charge is 0.264 e. The molecule has 4 heterocycles. The molecule has 0 spiro atoms. The van der Waals surface area contributed by atoms with Crippen molar-refractivity contribution in [3.63, 3.8) is 0 Å². The van der Waals surface area contributed by atoms with Gasteiger partial charge in [-0.2, -0.15) is 0 Å². The highest BCUT2D eigenvalue weighted by Gasteiger charge is 2.27.